The number of ether oxygens (including phenoxy) is 1. The molecule has 4 rings (SSSR count). The third-order valence-electron chi connectivity index (χ3n) is 5.64. The minimum Gasteiger partial charge on any atom is -0.478 e. The van der Waals surface area contributed by atoms with Crippen LogP contribution in [-0.4, -0.2) is 50.0 Å². The van der Waals surface area contributed by atoms with Gasteiger partial charge in [0.1, 0.15) is 0 Å². The van der Waals surface area contributed by atoms with Crippen molar-refractivity contribution in [1.82, 2.24) is 5.32 Å². The molecule has 0 radical (unpaired) electrons. The van der Waals surface area contributed by atoms with E-state index in [0.717, 1.165) is 29.9 Å². The molecule has 2 aromatic carbocycles. The van der Waals surface area contributed by atoms with Crippen LogP contribution < -0.4 is 10.2 Å². The van der Waals surface area contributed by atoms with E-state index < -0.39 is 5.97 Å². The summed E-state index contributed by atoms with van der Waals surface area (Å²) in [4.78, 5) is 15.2. The lowest BCUT2D eigenvalue weighted by Gasteiger charge is -2.30. The lowest BCUT2D eigenvalue weighted by atomic mass is 9.98. The van der Waals surface area contributed by atoms with Crippen LogP contribution in [0.2, 0.25) is 0 Å². The van der Waals surface area contributed by atoms with Gasteiger partial charge in [0.25, 0.3) is 0 Å². The molecule has 186 valence electrons. The van der Waals surface area contributed by atoms with Crippen molar-refractivity contribution >= 4 is 33.1 Å². The van der Waals surface area contributed by atoms with Crippen LogP contribution in [0, 0.1) is 13.8 Å². The van der Waals surface area contributed by atoms with Crippen LogP contribution in [-0.2, 0) is 4.74 Å². The number of rotatable bonds is 3. The van der Waals surface area contributed by atoms with Crippen molar-refractivity contribution < 1.29 is 14.6 Å². The predicted octanol–water partition coefficient (Wildman–Crippen LogP) is 6.75. The molecule has 0 amide bonds. The summed E-state index contributed by atoms with van der Waals surface area (Å²) in [6.45, 7) is 17.3. The van der Waals surface area contributed by atoms with Gasteiger partial charge in [-0.3, -0.25) is 0 Å². The number of anilines is 1. The number of carbonyl (C=O) groups is 1. The summed E-state index contributed by atoms with van der Waals surface area (Å²) in [5, 5.41) is 14.1. The third kappa shape index (κ3) is 7.05. The predicted molar refractivity (Wildman–Crippen MR) is 147 cm³/mol. The van der Waals surface area contributed by atoms with Gasteiger partial charge in [-0.15, -0.1) is 11.3 Å². The first-order valence-corrected chi connectivity index (χ1v) is 12.8. The standard InChI is InChI=1S/C21H21NO3S.C5H13N.C2H6/c1-13-3-5-16-19(11-13)26-14(2)20(16)15-4-6-18(17(12-15)21(23)24)22-7-9-25-10-8-22;1-5(2,3)6-4;1-2/h3-6,11-12H,7-10H2,1-2H3,(H,23,24);6H,1-4H3;1-2H3. The number of aromatic carboxylic acids is 1. The number of morpholine rings is 1. The number of hydrogen-bond donors (Lipinski definition) is 2. The summed E-state index contributed by atoms with van der Waals surface area (Å²) < 4.78 is 6.63. The molecule has 0 unspecified atom stereocenters. The van der Waals surface area contributed by atoms with Gasteiger partial charge in [-0.25, -0.2) is 4.79 Å². The summed E-state index contributed by atoms with van der Waals surface area (Å²) in [5.74, 6) is -0.888. The number of benzene rings is 2. The molecule has 34 heavy (non-hydrogen) atoms. The highest BCUT2D eigenvalue weighted by Crippen LogP contribution is 2.40. The Hall–Kier alpha value is -2.41. The number of nitrogens with zero attached hydrogens (tertiary/aromatic N) is 1. The topological polar surface area (TPSA) is 61.8 Å². The van der Waals surface area contributed by atoms with E-state index in [4.69, 9.17) is 4.74 Å². The molecule has 0 atom stereocenters. The van der Waals surface area contributed by atoms with E-state index in [1.807, 2.05) is 39.1 Å². The highest BCUT2D eigenvalue weighted by molar-refractivity contribution is 7.19. The molecular weight excluding hydrogens is 444 g/mol. The molecule has 1 saturated heterocycles. The first-order chi connectivity index (χ1) is 16.1. The summed E-state index contributed by atoms with van der Waals surface area (Å²) in [6, 6.07) is 12.3. The fourth-order valence-corrected chi connectivity index (χ4v) is 4.81. The van der Waals surface area contributed by atoms with Gasteiger partial charge < -0.3 is 20.1 Å². The Morgan fingerprint density at radius 3 is 2.24 bits per heavy atom. The number of carboxylic acids is 1. The molecule has 1 aliphatic rings. The molecule has 0 aliphatic carbocycles. The molecule has 6 heteroatoms. The highest BCUT2D eigenvalue weighted by atomic mass is 32.1. The van der Waals surface area contributed by atoms with Gasteiger partial charge in [0.2, 0.25) is 0 Å². The number of fused-ring (bicyclic) bond motifs is 1. The average molecular weight is 485 g/mol. The first-order valence-electron chi connectivity index (χ1n) is 12.0. The van der Waals surface area contributed by atoms with Crippen LogP contribution in [0.25, 0.3) is 21.2 Å². The van der Waals surface area contributed by atoms with Crippen molar-refractivity contribution in [1.29, 1.82) is 0 Å². The third-order valence-corrected chi connectivity index (χ3v) is 6.71. The molecule has 2 N–H and O–H groups in total. The molecule has 5 nitrogen and oxygen atoms in total. The average Bonchev–Trinajstić information content (AvgIpc) is 3.15. The smallest absolute Gasteiger partial charge is 0.337 e. The fraction of sp³-hybridized carbons (Fsp3) is 0.464. The molecule has 0 bridgehead atoms. The van der Waals surface area contributed by atoms with E-state index in [9.17, 15) is 9.90 Å². The number of thiophene rings is 1. The Labute approximate surface area is 208 Å². The molecule has 1 aromatic heterocycles. The molecule has 2 heterocycles. The number of carboxylic acid groups (broad SMARTS) is 1. The zero-order chi connectivity index (χ0) is 25.5. The Bertz CT molecular complexity index is 1090. The minimum atomic E-state index is -0.888. The quantitative estimate of drug-likeness (QED) is 0.430. The second-order valence-corrected chi connectivity index (χ2v) is 10.4. The maximum atomic E-state index is 11.9. The summed E-state index contributed by atoms with van der Waals surface area (Å²) in [5.41, 5.74) is 4.76. The van der Waals surface area contributed by atoms with Gasteiger partial charge in [-0.2, -0.15) is 0 Å². The van der Waals surface area contributed by atoms with Crippen LogP contribution in [0.1, 0.15) is 55.4 Å². The largest absolute Gasteiger partial charge is 0.478 e. The van der Waals surface area contributed by atoms with Crippen molar-refractivity contribution in [3.63, 3.8) is 0 Å². The number of nitrogens with one attached hydrogen (secondary N) is 1. The summed E-state index contributed by atoms with van der Waals surface area (Å²) in [6.07, 6.45) is 0. The summed E-state index contributed by atoms with van der Waals surface area (Å²) in [7, 11) is 1.96. The van der Waals surface area contributed by atoms with E-state index in [2.05, 4.69) is 63.0 Å². The van der Waals surface area contributed by atoms with Gasteiger partial charge in [-0.1, -0.05) is 32.0 Å². The SMILES string of the molecule is CC.CNC(C)(C)C.Cc1ccc2c(-c3ccc(N4CCOCC4)c(C(=O)O)c3)c(C)sc2c1. The Morgan fingerprint density at radius 2 is 1.68 bits per heavy atom. The first kappa shape index (κ1) is 27.8. The van der Waals surface area contributed by atoms with Crippen LogP contribution in [0.3, 0.4) is 0 Å². The lowest BCUT2D eigenvalue weighted by Crippen LogP contribution is -2.37. The van der Waals surface area contributed by atoms with Crippen molar-refractivity contribution in [2.24, 2.45) is 0 Å². The van der Waals surface area contributed by atoms with Crippen LogP contribution in [0.5, 0.6) is 0 Å². The fourth-order valence-electron chi connectivity index (χ4n) is 3.63. The lowest BCUT2D eigenvalue weighted by molar-refractivity contribution is 0.0696. The van der Waals surface area contributed by atoms with Crippen LogP contribution >= 0.6 is 11.3 Å². The van der Waals surface area contributed by atoms with Crippen molar-refractivity contribution in [2.75, 3.05) is 38.3 Å². The molecule has 0 saturated carbocycles. The zero-order valence-corrected chi connectivity index (χ0v) is 22.7. The normalized spacial score (nSPS) is 13.6. The van der Waals surface area contributed by atoms with Crippen LogP contribution in [0.15, 0.2) is 36.4 Å². The Kier molecular flexibility index (Phi) is 10.1. The summed E-state index contributed by atoms with van der Waals surface area (Å²) >= 11 is 1.76. The van der Waals surface area contributed by atoms with E-state index in [1.54, 1.807) is 11.3 Å². The molecule has 3 aromatic rings. The monoisotopic (exact) mass is 484 g/mol. The molecular formula is C28H40N2O3S. The minimum absolute atomic E-state index is 0.292. The Morgan fingerprint density at radius 1 is 1.06 bits per heavy atom. The van der Waals surface area contributed by atoms with E-state index in [-0.39, 0.29) is 0 Å². The maximum absolute atomic E-state index is 11.9. The van der Waals surface area contributed by atoms with Crippen molar-refractivity contribution in [3.8, 4) is 11.1 Å². The van der Waals surface area contributed by atoms with E-state index in [0.29, 0.717) is 24.3 Å². The van der Waals surface area contributed by atoms with Crippen LogP contribution in [0.4, 0.5) is 5.69 Å². The van der Waals surface area contributed by atoms with Gasteiger partial charge in [0.05, 0.1) is 24.5 Å². The van der Waals surface area contributed by atoms with E-state index >= 15 is 0 Å². The second kappa shape index (κ2) is 12.3. The number of aryl methyl sites for hydroxylation is 2. The van der Waals surface area contributed by atoms with Gasteiger partial charge in [-0.05, 0) is 71.0 Å². The molecule has 0 spiro atoms. The van der Waals surface area contributed by atoms with E-state index in [1.165, 1.54) is 20.5 Å². The Balaban J connectivity index is 0.000000447. The zero-order valence-electron chi connectivity index (χ0n) is 21.9. The van der Waals surface area contributed by atoms with Gasteiger partial charge in [0, 0.05) is 39.2 Å². The number of hydrogen-bond acceptors (Lipinski definition) is 5. The van der Waals surface area contributed by atoms with Gasteiger partial charge >= 0.3 is 5.97 Å². The van der Waals surface area contributed by atoms with Crippen molar-refractivity contribution in [2.45, 2.75) is 54.0 Å². The highest BCUT2D eigenvalue weighted by Gasteiger charge is 2.20. The van der Waals surface area contributed by atoms with Crippen molar-refractivity contribution in [3.05, 3.63) is 52.4 Å². The molecule has 1 aliphatic heterocycles. The second-order valence-electron chi connectivity index (χ2n) is 9.17. The maximum Gasteiger partial charge on any atom is 0.337 e. The molecule has 1 fully saturated rings. The van der Waals surface area contributed by atoms with Gasteiger partial charge in [0.15, 0.2) is 0 Å².